The van der Waals surface area contributed by atoms with Gasteiger partial charge in [-0.1, -0.05) is 22.9 Å². The summed E-state index contributed by atoms with van der Waals surface area (Å²) in [4.78, 5) is 29.9. The van der Waals surface area contributed by atoms with Crippen molar-refractivity contribution in [3.8, 4) is 5.75 Å². The number of anilines is 1. The van der Waals surface area contributed by atoms with E-state index in [1.165, 1.54) is 0 Å². The Hall–Kier alpha value is -3.35. The molecule has 1 aliphatic rings. The summed E-state index contributed by atoms with van der Waals surface area (Å²) in [5.41, 5.74) is 2.22. The number of hydrogen-bond donors (Lipinski definition) is 2. The first-order valence-corrected chi connectivity index (χ1v) is 8.83. The van der Waals surface area contributed by atoms with Gasteiger partial charge >= 0.3 is 5.97 Å². The van der Waals surface area contributed by atoms with E-state index in [4.69, 9.17) is 9.57 Å². The molecule has 0 saturated carbocycles. The highest BCUT2D eigenvalue weighted by Crippen LogP contribution is 2.32. The van der Waals surface area contributed by atoms with Crippen molar-refractivity contribution >= 4 is 23.3 Å². The van der Waals surface area contributed by atoms with Gasteiger partial charge in [-0.15, -0.1) is 0 Å². The highest BCUT2D eigenvalue weighted by molar-refractivity contribution is 6.09. The average Bonchev–Trinajstić information content (AvgIpc) is 3.08. The van der Waals surface area contributed by atoms with Crippen LogP contribution in [0.2, 0.25) is 0 Å². The van der Waals surface area contributed by atoms with E-state index in [0.29, 0.717) is 17.1 Å². The van der Waals surface area contributed by atoms with E-state index in [-0.39, 0.29) is 6.42 Å². The predicted octanol–water partition coefficient (Wildman–Crippen LogP) is 3.29. The number of ether oxygens (including phenoxy) is 1. The Balaban J connectivity index is 1.83. The fraction of sp³-hybridized carbons (Fsp3) is 0.286. The maximum absolute atomic E-state index is 13.0. The largest absolute Gasteiger partial charge is 0.497 e. The lowest BCUT2D eigenvalue weighted by Crippen LogP contribution is -2.45. The third-order valence-corrected chi connectivity index (χ3v) is 4.69. The molecule has 1 atom stereocenters. The SMILES string of the molecule is COc1ccc(C2=NOC(CC(=O)O)(C(=O)Nc3ccc(C)cc3C)C2)cc1. The van der Waals surface area contributed by atoms with E-state index in [1.54, 1.807) is 37.4 Å². The molecule has 3 rings (SSSR count). The third-order valence-electron chi connectivity index (χ3n) is 4.69. The van der Waals surface area contributed by atoms with E-state index in [0.717, 1.165) is 16.7 Å². The second-order valence-corrected chi connectivity index (χ2v) is 6.87. The number of carbonyl (C=O) groups excluding carboxylic acids is 1. The number of aliphatic carboxylic acids is 1. The Morgan fingerprint density at radius 2 is 1.93 bits per heavy atom. The summed E-state index contributed by atoms with van der Waals surface area (Å²) >= 11 is 0. The van der Waals surface area contributed by atoms with Crippen LogP contribution in [0.25, 0.3) is 0 Å². The van der Waals surface area contributed by atoms with Gasteiger partial charge < -0.3 is 20.0 Å². The molecule has 2 aromatic carbocycles. The number of aryl methyl sites for hydroxylation is 2. The van der Waals surface area contributed by atoms with Gasteiger partial charge in [0.2, 0.25) is 5.60 Å². The second-order valence-electron chi connectivity index (χ2n) is 6.87. The topological polar surface area (TPSA) is 97.2 Å². The number of benzene rings is 2. The number of carboxylic acids is 1. The van der Waals surface area contributed by atoms with E-state index in [9.17, 15) is 14.7 Å². The number of methoxy groups -OCH3 is 1. The van der Waals surface area contributed by atoms with Crippen LogP contribution in [-0.2, 0) is 14.4 Å². The lowest BCUT2D eigenvalue weighted by Gasteiger charge is -2.24. The molecule has 146 valence electrons. The van der Waals surface area contributed by atoms with Crippen LogP contribution in [0.15, 0.2) is 47.6 Å². The molecule has 0 aromatic heterocycles. The smallest absolute Gasteiger partial charge is 0.308 e. The zero-order valence-electron chi connectivity index (χ0n) is 16.0. The number of rotatable bonds is 6. The molecule has 2 N–H and O–H groups in total. The number of nitrogens with zero attached hydrogens (tertiary/aromatic N) is 1. The molecule has 1 aliphatic heterocycles. The van der Waals surface area contributed by atoms with Gasteiger partial charge in [-0.05, 0) is 55.3 Å². The fourth-order valence-electron chi connectivity index (χ4n) is 3.15. The maximum Gasteiger partial charge on any atom is 0.308 e. The van der Waals surface area contributed by atoms with Gasteiger partial charge in [0.1, 0.15) is 5.75 Å². The molecule has 0 aliphatic carbocycles. The molecule has 0 fully saturated rings. The van der Waals surface area contributed by atoms with Crippen LogP contribution in [0, 0.1) is 13.8 Å². The Morgan fingerprint density at radius 1 is 1.21 bits per heavy atom. The molecule has 1 amide bonds. The molecule has 7 heteroatoms. The molecule has 0 radical (unpaired) electrons. The van der Waals surface area contributed by atoms with Gasteiger partial charge in [0.25, 0.3) is 5.91 Å². The Morgan fingerprint density at radius 3 is 2.54 bits per heavy atom. The van der Waals surface area contributed by atoms with Gasteiger partial charge in [0, 0.05) is 12.1 Å². The predicted molar refractivity (Wildman–Crippen MR) is 105 cm³/mol. The van der Waals surface area contributed by atoms with Crippen LogP contribution in [0.1, 0.15) is 29.5 Å². The number of amides is 1. The van der Waals surface area contributed by atoms with Gasteiger partial charge in [-0.25, -0.2) is 0 Å². The molecule has 7 nitrogen and oxygen atoms in total. The van der Waals surface area contributed by atoms with Crippen LogP contribution in [0.4, 0.5) is 5.69 Å². The van der Waals surface area contributed by atoms with Gasteiger partial charge in [-0.2, -0.15) is 0 Å². The zero-order valence-corrected chi connectivity index (χ0v) is 16.0. The van der Waals surface area contributed by atoms with Crippen LogP contribution in [-0.4, -0.2) is 35.4 Å². The number of oxime groups is 1. The van der Waals surface area contributed by atoms with Crippen molar-refractivity contribution < 1.29 is 24.3 Å². The van der Waals surface area contributed by atoms with Crippen molar-refractivity contribution in [1.29, 1.82) is 0 Å². The number of carboxylic acid groups (broad SMARTS) is 1. The molecular formula is C21H22N2O5. The number of nitrogens with one attached hydrogen (secondary N) is 1. The van der Waals surface area contributed by atoms with Crippen LogP contribution >= 0.6 is 0 Å². The molecule has 1 unspecified atom stereocenters. The minimum Gasteiger partial charge on any atom is -0.497 e. The summed E-state index contributed by atoms with van der Waals surface area (Å²) in [6, 6.07) is 12.7. The minimum absolute atomic E-state index is 0.0579. The average molecular weight is 382 g/mol. The van der Waals surface area contributed by atoms with Crippen molar-refractivity contribution in [1.82, 2.24) is 0 Å². The van der Waals surface area contributed by atoms with Crippen LogP contribution < -0.4 is 10.1 Å². The monoisotopic (exact) mass is 382 g/mol. The fourth-order valence-corrected chi connectivity index (χ4v) is 3.15. The van der Waals surface area contributed by atoms with Gasteiger partial charge in [0.15, 0.2) is 0 Å². The van der Waals surface area contributed by atoms with Gasteiger partial charge in [-0.3, -0.25) is 9.59 Å². The molecule has 28 heavy (non-hydrogen) atoms. The van der Waals surface area contributed by atoms with Crippen LogP contribution in [0.5, 0.6) is 5.75 Å². The summed E-state index contributed by atoms with van der Waals surface area (Å²) in [6.07, 6.45) is -0.435. The van der Waals surface area contributed by atoms with E-state index in [2.05, 4.69) is 10.5 Å². The molecular weight excluding hydrogens is 360 g/mol. The quantitative estimate of drug-likeness (QED) is 0.799. The Kier molecular flexibility index (Phi) is 5.35. The lowest BCUT2D eigenvalue weighted by molar-refractivity contribution is -0.152. The van der Waals surface area contributed by atoms with Crippen molar-refractivity contribution in [3.63, 3.8) is 0 Å². The van der Waals surface area contributed by atoms with Crippen molar-refractivity contribution in [2.45, 2.75) is 32.3 Å². The lowest BCUT2D eigenvalue weighted by atomic mass is 9.90. The van der Waals surface area contributed by atoms with E-state index in [1.807, 2.05) is 26.0 Å². The maximum atomic E-state index is 13.0. The summed E-state index contributed by atoms with van der Waals surface area (Å²) in [6.45, 7) is 3.83. The molecule has 0 spiro atoms. The van der Waals surface area contributed by atoms with E-state index >= 15 is 0 Å². The first kappa shape index (κ1) is 19.4. The number of carbonyl (C=O) groups is 2. The number of hydrogen-bond acceptors (Lipinski definition) is 5. The zero-order chi connectivity index (χ0) is 20.3. The highest BCUT2D eigenvalue weighted by atomic mass is 16.7. The highest BCUT2D eigenvalue weighted by Gasteiger charge is 2.48. The van der Waals surface area contributed by atoms with Crippen LogP contribution in [0.3, 0.4) is 0 Å². The van der Waals surface area contributed by atoms with Crippen molar-refractivity contribution in [2.75, 3.05) is 12.4 Å². The molecule has 0 bridgehead atoms. The minimum atomic E-state index is -1.60. The molecule has 0 saturated heterocycles. The molecule has 2 aromatic rings. The Labute approximate surface area is 163 Å². The Bertz CT molecular complexity index is 936. The third kappa shape index (κ3) is 3.98. The van der Waals surface area contributed by atoms with Gasteiger partial charge in [0.05, 0.1) is 19.2 Å². The first-order chi connectivity index (χ1) is 13.3. The first-order valence-electron chi connectivity index (χ1n) is 8.83. The summed E-state index contributed by atoms with van der Waals surface area (Å²) in [5, 5.41) is 16.2. The second kappa shape index (κ2) is 7.72. The van der Waals surface area contributed by atoms with Crippen molar-refractivity contribution in [3.05, 3.63) is 59.2 Å². The summed E-state index contributed by atoms with van der Waals surface area (Å²) in [5.74, 6) is -0.983. The summed E-state index contributed by atoms with van der Waals surface area (Å²) in [7, 11) is 1.57. The normalized spacial score (nSPS) is 18.2. The molecule has 1 heterocycles. The standard InChI is InChI=1S/C21H22N2O5/c1-13-4-9-17(14(2)10-13)22-20(26)21(12-19(24)25)11-18(23-28-21)15-5-7-16(27-3)8-6-15/h4-10H,11-12H2,1-3H3,(H,22,26)(H,24,25). The van der Waals surface area contributed by atoms with Crippen molar-refractivity contribution in [2.24, 2.45) is 5.16 Å². The summed E-state index contributed by atoms with van der Waals surface area (Å²) < 4.78 is 5.14. The van der Waals surface area contributed by atoms with E-state index < -0.39 is 23.9 Å².